The first-order chi connectivity index (χ1) is 8.98. The SMILES string of the molecule is N=C(N)CC(c1ccccc1)N1CCS(=O)(=O)CC1. The van der Waals surface area contributed by atoms with Crippen LogP contribution in [-0.2, 0) is 9.84 Å². The van der Waals surface area contributed by atoms with E-state index in [1.807, 2.05) is 30.3 Å². The molecule has 2 rings (SSSR count). The summed E-state index contributed by atoms with van der Waals surface area (Å²) in [7, 11) is -2.89. The van der Waals surface area contributed by atoms with Crippen LogP contribution in [0.5, 0.6) is 0 Å². The van der Waals surface area contributed by atoms with Gasteiger partial charge in [0.15, 0.2) is 9.84 Å². The second kappa shape index (κ2) is 5.71. The van der Waals surface area contributed by atoms with Crippen molar-refractivity contribution in [3.63, 3.8) is 0 Å². The van der Waals surface area contributed by atoms with Crippen LogP contribution in [0.25, 0.3) is 0 Å². The van der Waals surface area contributed by atoms with E-state index in [1.54, 1.807) is 0 Å². The highest BCUT2D eigenvalue weighted by atomic mass is 32.2. The fourth-order valence-electron chi connectivity index (χ4n) is 2.38. The van der Waals surface area contributed by atoms with Crippen LogP contribution in [0.4, 0.5) is 0 Å². The summed E-state index contributed by atoms with van der Waals surface area (Å²) in [6.07, 6.45) is 0.435. The maximum absolute atomic E-state index is 11.5. The van der Waals surface area contributed by atoms with E-state index in [-0.39, 0.29) is 23.4 Å². The molecular weight excluding hydrogens is 262 g/mol. The van der Waals surface area contributed by atoms with Crippen molar-refractivity contribution in [3.8, 4) is 0 Å². The average molecular weight is 281 g/mol. The van der Waals surface area contributed by atoms with Crippen LogP contribution in [0.1, 0.15) is 18.0 Å². The number of hydrogen-bond acceptors (Lipinski definition) is 4. The van der Waals surface area contributed by atoms with Gasteiger partial charge in [0, 0.05) is 25.6 Å². The predicted octanol–water partition coefficient (Wildman–Crippen LogP) is 0.784. The monoisotopic (exact) mass is 281 g/mol. The van der Waals surface area contributed by atoms with Crippen molar-refractivity contribution in [2.24, 2.45) is 5.73 Å². The van der Waals surface area contributed by atoms with E-state index in [0.29, 0.717) is 19.5 Å². The van der Waals surface area contributed by atoms with Crippen LogP contribution < -0.4 is 5.73 Å². The summed E-state index contributed by atoms with van der Waals surface area (Å²) < 4.78 is 23.0. The molecule has 0 spiro atoms. The second-order valence-electron chi connectivity index (χ2n) is 4.84. The molecule has 1 aromatic carbocycles. The molecule has 104 valence electrons. The van der Waals surface area contributed by atoms with Gasteiger partial charge in [0.2, 0.25) is 0 Å². The number of benzene rings is 1. The molecule has 1 aromatic rings. The van der Waals surface area contributed by atoms with E-state index in [0.717, 1.165) is 5.56 Å². The van der Waals surface area contributed by atoms with Gasteiger partial charge in [-0.15, -0.1) is 0 Å². The van der Waals surface area contributed by atoms with Gasteiger partial charge in [-0.25, -0.2) is 8.42 Å². The Morgan fingerprint density at radius 1 is 1.26 bits per heavy atom. The number of rotatable bonds is 4. The molecule has 5 nitrogen and oxygen atoms in total. The highest BCUT2D eigenvalue weighted by Crippen LogP contribution is 2.25. The average Bonchev–Trinajstić information content (AvgIpc) is 2.37. The van der Waals surface area contributed by atoms with Crippen molar-refractivity contribution >= 4 is 15.7 Å². The molecule has 1 aliphatic heterocycles. The fraction of sp³-hybridized carbons (Fsp3) is 0.462. The molecule has 0 radical (unpaired) electrons. The fourth-order valence-corrected chi connectivity index (χ4v) is 3.61. The Morgan fingerprint density at radius 2 is 1.84 bits per heavy atom. The van der Waals surface area contributed by atoms with Gasteiger partial charge in [-0.2, -0.15) is 0 Å². The number of amidine groups is 1. The zero-order valence-electron chi connectivity index (χ0n) is 10.7. The Bertz CT molecular complexity index is 528. The van der Waals surface area contributed by atoms with Gasteiger partial charge in [-0.3, -0.25) is 10.3 Å². The third-order valence-electron chi connectivity index (χ3n) is 3.42. The molecule has 0 saturated carbocycles. The molecule has 1 unspecified atom stereocenters. The molecule has 1 saturated heterocycles. The van der Waals surface area contributed by atoms with Gasteiger partial charge in [-0.05, 0) is 5.56 Å². The van der Waals surface area contributed by atoms with E-state index in [9.17, 15) is 8.42 Å². The Hall–Kier alpha value is -1.40. The number of nitrogens with two attached hydrogens (primary N) is 1. The van der Waals surface area contributed by atoms with Gasteiger partial charge < -0.3 is 5.73 Å². The minimum atomic E-state index is -2.89. The Morgan fingerprint density at radius 3 is 2.37 bits per heavy atom. The van der Waals surface area contributed by atoms with Gasteiger partial charge in [0.05, 0.1) is 17.3 Å². The minimum absolute atomic E-state index is 0.00537. The van der Waals surface area contributed by atoms with Crippen molar-refractivity contribution in [2.75, 3.05) is 24.6 Å². The third kappa shape index (κ3) is 3.78. The molecule has 1 fully saturated rings. The summed E-state index contributed by atoms with van der Waals surface area (Å²) in [5.41, 5.74) is 6.61. The van der Waals surface area contributed by atoms with E-state index in [1.165, 1.54) is 0 Å². The number of nitrogens with zero attached hydrogens (tertiary/aromatic N) is 1. The summed E-state index contributed by atoms with van der Waals surface area (Å²) in [6.45, 7) is 1.02. The van der Waals surface area contributed by atoms with Crippen molar-refractivity contribution in [2.45, 2.75) is 12.5 Å². The van der Waals surface area contributed by atoms with Crippen LogP contribution in [0.2, 0.25) is 0 Å². The Kier molecular flexibility index (Phi) is 4.21. The predicted molar refractivity (Wildman–Crippen MR) is 75.9 cm³/mol. The van der Waals surface area contributed by atoms with Crippen molar-refractivity contribution in [1.29, 1.82) is 5.41 Å². The van der Waals surface area contributed by atoms with Crippen LogP contribution in [0, 0.1) is 5.41 Å². The largest absolute Gasteiger partial charge is 0.388 e. The summed E-state index contributed by atoms with van der Waals surface area (Å²) in [5.74, 6) is 0.505. The Labute approximate surface area is 113 Å². The standard InChI is InChI=1S/C13H19N3O2S/c14-13(15)10-12(11-4-2-1-3-5-11)16-6-8-19(17,18)9-7-16/h1-5,12H,6-10H2,(H3,14,15). The topological polar surface area (TPSA) is 87.2 Å². The normalized spacial score (nSPS) is 20.8. The van der Waals surface area contributed by atoms with Gasteiger partial charge >= 0.3 is 0 Å². The molecule has 0 aromatic heterocycles. The maximum Gasteiger partial charge on any atom is 0.152 e. The van der Waals surface area contributed by atoms with Crippen molar-refractivity contribution in [3.05, 3.63) is 35.9 Å². The van der Waals surface area contributed by atoms with Gasteiger partial charge in [-0.1, -0.05) is 30.3 Å². The van der Waals surface area contributed by atoms with Crippen molar-refractivity contribution in [1.82, 2.24) is 4.90 Å². The molecule has 1 atom stereocenters. The zero-order valence-corrected chi connectivity index (χ0v) is 11.6. The lowest BCUT2D eigenvalue weighted by Gasteiger charge is -2.34. The van der Waals surface area contributed by atoms with Crippen LogP contribution in [0.3, 0.4) is 0 Å². The van der Waals surface area contributed by atoms with Crippen molar-refractivity contribution < 1.29 is 8.42 Å². The van der Waals surface area contributed by atoms with E-state index < -0.39 is 9.84 Å². The maximum atomic E-state index is 11.5. The van der Waals surface area contributed by atoms with Gasteiger partial charge in [0.25, 0.3) is 0 Å². The molecule has 0 bridgehead atoms. The number of sulfone groups is 1. The molecule has 19 heavy (non-hydrogen) atoms. The zero-order chi connectivity index (χ0) is 13.9. The summed E-state index contributed by atoms with van der Waals surface area (Å²) >= 11 is 0. The first kappa shape index (κ1) is 14.0. The highest BCUT2D eigenvalue weighted by molar-refractivity contribution is 7.91. The Balaban J connectivity index is 2.17. The minimum Gasteiger partial charge on any atom is -0.388 e. The first-order valence-corrected chi connectivity index (χ1v) is 8.12. The molecule has 6 heteroatoms. The van der Waals surface area contributed by atoms with E-state index >= 15 is 0 Å². The number of nitrogens with one attached hydrogen (secondary N) is 1. The molecule has 0 amide bonds. The number of hydrogen-bond donors (Lipinski definition) is 2. The summed E-state index contributed by atoms with van der Waals surface area (Å²) in [6, 6.07) is 9.82. The second-order valence-corrected chi connectivity index (χ2v) is 7.15. The lowest BCUT2D eigenvalue weighted by Crippen LogP contribution is -2.43. The lowest BCUT2D eigenvalue weighted by molar-refractivity contribution is 0.218. The molecule has 1 aliphatic rings. The highest BCUT2D eigenvalue weighted by Gasteiger charge is 2.28. The molecule has 3 N–H and O–H groups in total. The first-order valence-electron chi connectivity index (χ1n) is 6.30. The van der Waals surface area contributed by atoms with Gasteiger partial charge in [0.1, 0.15) is 0 Å². The third-order valence-corrected chi connectivity index (χ3v) is 5.03. The molecular formula is C13H19N3O2S. The van der Waals surface area contributed by atoms with E-state index in [2.05, 4.69) is 4.90 Å². The lowest BCUT2D eigenvalue weighted by atomic mass is 10.0. The van der Waals surface area contributed by atoms with Crippen LogP contribution in [0.15, 0.2) is 30.3 Å². The quantitative estimate of drug-likeness (QED) is 0.631. The molecule has 0 aliphatic carbocycles. The van der Waals surface area contributed by atoms with E-state index in [4.69, 9.17) is 11.1 Å². The smallest absolute Gasteiger partial charge is 0.152 e. The van der Waals surface area contributed by atoms with Crippen LogP contribution in [-0.4, -0.2) is 43.7 Å². The van der Waals surface area contributed by atoms with Crippen LogP contribution >= 0.6 is 0 Å². The summed E-state index contributed by atoms with van der Waals surface area (Å²) in [5, 5.41) is 7.50. The summed E-state index contributed by atoms with van der Waals surface area (Å²) in [4.78, 5) is 2.11. The molecule has 1 heterocycles.